The Morgan fingerprint density at radius 3 is 2.96 bits per heavy atom. The number of hydrogen-bond acceptors (Lipinski definition) is 6. The van der Waals surface area contributed by atoms with Crippen molar-refractivity contribution in [2.24, 2.45) is 10.1 Å². The summed E-state index contributed by atoms with van der Waals surface area (Å²) < 4.78 is 0. The van der Waals surface area contributed by atoms with Crippen molar-refractivity contribution in [3.63, 3.8) is 0 Å². The van der Waals surface area contributed by atoms with Crippen molar-refractivity contribution in [1.82, 2.24) is 10.3 Å². The van der Waals surface area contributed by atoms with Crippen LogP contribution in [0.4, 0.5) is 0 Å². The summed E-state index contributed by atoms with van der Waals surface area (Å²) in [4.78, 5) is 18.7. The molecule has 1 atom stereocenters. The van der Waals surface area contributed by atoms with Crippen molar-refractivity contribution in [2.75, 3.05) is 5.75 Å². The summed E-state index contributed by atoms with van der Waals surface area (Å²) in [5, 5.41) is 13.7. The number of amides is 1. The standard InChI is InChI=1S/C17H16N4OS2/c1-2-9-24-17-19-16(22)14-11-6-3-4-7-12(11)18-15(21(14)20-17)13-8-5-10-23-13/h3-8,10,15H,2,9H2,1H3,(H,19,20,22)/t15-/m0/s1. The van der Waals surface area contributed by atoms with Crippen LogP contribution in [0.5, 0.6) is 0 Å². The van der Waals surface area contributed by atoms with Gasteiger partial charge in [0.1, 0.15) is 5.70 Å². The van der Waals surface area contributed by atoms with Crippen molar-refractivity contribution in [3.8, 4) is 0 Å². The zero-order valence-electron chi connectivity index (χ0n) is 13.1. The Morgan fingerprint density at radius 1 is 1.29 bits per heavy atom. The number of carbonyl (C=O) groups excluding carboxylic acids is 1. The number of hydrogen-bond donors (Lipinski definition) is 1. The molecular formula is C17H16N4OS2. The number of para-hydroxylation sites is 1. The van der Waals surface area contributed by atoms with Gasteiger partial charge in [0.15, 0.2) is 11.3 Å². The van der Waals surface area contributed by atoms with Gasteiger partial charge in [0.25, 0.3) is 5.91 Å². The van der Waals surface area contributed by atoms with Crippen LogP contribution in [-0.2, 0) is 4.79 Å². The SMILES string of the molecule is CCCSC1=NN2C(=c3ccccc3=N[C@@H]2c2cccs2)C(=O)N1. The molecule has 1 aromatic carbocycles. The van der Waals surface area contributed by atoms with Gasteiger partial charge in [0, 0.05) is 11.0 Å². The number of fused-ring (bicyclic) bond motifs is 2. The summed E-state index contributed by atoms with van der Waals surface area (Å²) >= 11 is 3.19. The smallest absolute Gasteiger partial charge is 0.276 e. The van der Waals surface area contributed by atoms with Gasteiger partial charge >= 0.3 is 0 Å². The van der Waals surface area contributed by atoms with E-state index in [9.17, 15) is 4.79 Å². The van der Waals surface area contributed by atoms with Crippen LogP contribution >= 0.6 is 23.1 Å². The number of carbonyl (C=O) groups is 1. The molecule has 4 rings (SSSR count). The molecule has 0 saturated carbocycles. The lowest BCUT2D eigenvalue weighted by molar-refractivity contribution is -0.116. The maximum atomic E-state index is 12.8. The fourth-order valence-corrected chi connectivity index (χ4v) is 4.17. The highest BCUT2D eigenvalue weighted by Gasteiger charge is 2.34. The van der Waals surface area contributed by atoms with E-state index in [-0.39, 0.29) is 12.1 Å². The predicted octanol–water partition coefficient (Wildman–Crippen LogP) is 2.03. The van der Waals surface area contributed by atoms with Gasteiger partial charge in [-0.05, 0) is 23.9 Å². The second-order valence-electron chi connectivity index (χ2n) is 5.44. The summed E-state index contributed by atoms with van der Waals surface area (Å²) in [5.74, 6) is 0.798. The van der Waals surface area contributed by atoms with Crippen molar-refractivity contribution in [1.29, 1.82) is 0 Å². The Labute approximate surface area is 147 Å². The van der Waals surface area contributed by atoms with Gasteiger partial charge in [-0.15, -0.1) is 16.4 Å². The molecule has 24 heavy (non-hydrogen) atoms. The first kappa shape index (κ1) is 15.4. The van der Waals surface area contributed by atoms with Crippen molar-refractivity contribution < 1.29 is 4.79 Å². The minimum Gasteiger partial charge on any atom is -0.298 e. The number of nitrogens with one attached hydrogen (secondary N) is 1. The van der Waals surface area contributed by atoms with E-state index in [1.165, 1.54) is 0 Å². The first-order chi connectivity index (χ1) is 11.8. The maximum Gasteiger partial charge on any atom is 0.276 e. The topological polar surface area (TPSA) is 57.1 Å². The number of benzene rings is 1. The minimum atomic E-state index is -0.293. The molecular weight excluding hydrogens is 340 g/mol. The highest BCUT2D eigenvalue weighted by Crippen LogP contribution is 2.32. The molecule has 2 aliphatic heterocycles. The molecule has 0 unspecified atom stereocenters. The Hall–Kier alpha value is -2.12. The summed E-state index contributed by atoms with van der Waals surface area (Å²) in [5.41, 5.74) is 0.569. The molecule has 1 amide bonds. The molecule has 7 heteroatoms. The Bertz CT molecular complexity index is 920. The quantitative estimate of drug-likeness (QED) is 0.916. The first-order valence-electron chi connectivity index (χ1n) is 7.80. The second kappa shape index (κ2) is 6.41. The average Bonchev–Trinajstić information content (AvgIpc) is 3.13. The van der Waals surface area contributed by atoms with E-state index in [1.54, 1.807) is 28.1 Å². The number of amidine groups is 1. The van der Waals surface area contributed by atoms with Crippen LogP contribution < -0.4 is 15.9 Å². The fraction of sp³-hybridized carbons (Fsp3) is 0.235. The van der Waals surface area contributed by atoms with Crippen LogP contribution in [-0.4, -0.2) is 21.8 Å². The molecule has 3 heterocycles. The number of nitrogens with zero attached hydrogens (tertiary/aromatic N) is 3. The van der Waals surface area contributed by atoms with Crippen molar-refractivity contribution in [2.45, 2.75) is 19.5 Å². The van der Waals surface area contributed by atoms with E-state index in [2.05, 4.69) is 17.3 Å². The molecule has 0 radical (unpaired) electrons. The summed E-state index contributed by atoms with van der Waals surface area (Å²) in [6.45, 7) is 2.11. The van der Waals surface area contributed by atoms with Gasteiger partial charge in [-0.2, -0.15) is 0 Å². The van der Waals surface area contributed by atoms with Crippen LogP contribution in [0.2, 0.25) is 0 Å². The summed E-state index contributed by atoms with van der Waals surface area (Å²) in [7, 11) is 0. The molecule has 0 fully saturated rings. The number of thioether (sulfide) groups is 1. The van der Waals surface area contributed by atoms with Crippen molar-refractivity contribution in [3.05, 3.63) is 57.2 Å². The van der Waals surface area contributed by atoms with Gasteiger partial charge in [-0.3, -0.25) is 15.1 Å². The van der Waals surface area contributed by atoms with E-state index in [1.807, 2.05) is 41.8 Å². The van der Waals surface area contributed by atoms with E-state index in [4.69, 9.17) is 4.99 Å². The Morgan fingerprint density at radius 2 is 2.17 bits per heavy atom. The molecule has 5 nitrogen and oxygen atoms in total. The van der Waals surface area contributed by atoms with Crippen LogP contribution in [0, 0.1) is 0 Å². The van der Waals surface area contributed by atoms with E-state index >= 15 is 0 Å². The lowest BCUT2D eigenvalue weighted by Crippen LogP contribution is -2.50. The number of hydrazone groups is 1. The van der Waals surface area contributed by atoms with Gasteiger partial charge in [-0.25, -0.2) is 5.01 Å². The molecule has 2 aromatic rings. The van der Waals surface area contributed by atoms with E-state index in [0.717, 1.165) is 27.6 Å². The van der Waals surface area contributed by atoms with Crippen LogP contribution in [0.3, 0.4) is 0 Å². The molecule has 0 bridgehead atoms. The van der Waals surface area contributed by atoms with Gasteiger partial charge in [0.2, 0.25) is 0 Å². The molecule has 0 saturated heterocycles. The van der Waals surface area contributed by atoms with Gasteiger partial charge in [0.05, 0.1) is 10.2 Å². The molecule has 1 aromatic heterocycles. The van der Waals surface area contributed by atoms with E-state index < -0.39 is 0 Å². The number of rotatable bonds is 3. The van der Waals surface area contributed by atoms with Crippen LogP contribution in [0.25, 0.3) is 5.70 Å². The lowest BCUT2D eigenvalue weighted by atomic mass is 10.1. The normalized spacial score (nSPS) is 19.1. The predicted molar refractivity (Wildman–Crippen MR) is 97.9 cm³/mol. The van der Waals surface area contributed by atoms with Gasteiger partial charge < -0.3 is 0 Å². The number of thiophene rings is 1. The Balaban J connectivity index is 1.89. The third kappa shape index (κ3) is 2.63. The average molecular weight is 356 g/mol. The highest BCUT2D eigenvalue weighted by atomic mass is 32.2. The largest absolute Gasteiger partial charge is 0.298 e. The molecule has 122 valence electrons. The third-order valence-corrected chi connectivity index (χ3v) is 5.74. The molecule has 0 spiro atoms. The minimum absolute atomic E-state index is 0.118. The third-order valence-electron chi connectivity index (χ3n) is 3.76. The van der Waals surface area contributed by atoms with E-state index in [0.29, 0.717) is 10.9 Å². The molecule has 0 aliphatic carbocycles. The maximum absolute atomic E-state index is 12.8. The fourth-order valence-electron chi connectivity index (χ4n) is 2.71. The zero-order valence-corrected chi connectivity index (χ0v) is 14.7. The monoisotopic (exact) mass is 356 g/mol. The second-order valence-corrected chi connectivity index (χ2v) is 7.50. The molecule has 1 N–H and O–H groups in total. The first-order valence-corrected chi connectivity index (χ1v) is 9.67. The summed E-state index contributed by atoms with van der Waals surface area (Å²) in [6.07, 6.45) is 0.732. The van der Waals surface area contributed by atoms with Gasteiger partial charge in [-0.1, -0.05) is 43.0 Å². The van der Waals surface area contributed by atoms with Crippen LogP contribution in [0.15, 0.2) is 51.9 Å². The lowest BCUT2D eigenvalue weighted by Gasteiger charge is -2.33. The zero-order chi connectivity index (χ0) is 16.5. The highest BCUT2D eigenvalue weighted by molar-refractivity contribution is 8.13. The Kier molecular flexibility index (Phi) is 4.12. The van der Waals surface area contributed by atoms with Crippen molar-refractivity contribution >= 4 is 39.9 Å². The summed E-state index contributed by atoms with van der Waals surface area (Å²) in [6, 6.07) is 11.8. The molecule has 2 aliphatic rings. The van der Waals surface area contributed by atoms with Crippen LogP contribution in [0.1, 0.15) is 24.4 Å².